The Balaban J connectivity index is 2.34. The number of nitrogens with one attached hydrogen (secondary N) is 1. The fourth-order valence-corrected chi connectivity index (χ4v) is 2.45. The molecule has 0 saturated heterocycles. The van der Waals surface area contributed by atoms with Gasteiger partial charge < -0.3 is 10.4 Å². The number of hydrogen-bond acceptors (Lipinski definition) is 3. The van der Waals surface area contributed by atoms with Crippen molar-refractivity contribution in [1.82, 2.24) is 0 Å². The molecular formula is C13H8F3NO3S. The maximum absolute atomic E-state index is 12.8. The smallest absolute Gasteiger partial charge is 0.417 e. The molecule has 0 unspecified atom stereocenters. The average molecular weight is 315 g/mol. The van der Waals surface area contributed by atoms with Crippen molar-refractivity contribution in [3.05, 3.63) is 52.4 Å². The zero-order chi connectivity index (χ0) is 15.6. The molecule has 0 bridgehead atoms. The van der Waals surface area contributed by atoms with Crippen molar-refractivity contribution in [2.75, 3.05) is 5.32 Å². The summed E-state index contributed by atoms with van der Waals surface area (Å²) in [7, 11) is 0. The van der Waals surface area contributed by atoms with E-state index in [1.807, 2.05) is 0 Å². The number of carbonyl (C=O) groups excluding carboxylic acids is 1. The molecule has 0 aliphatic carbocycles. The summed E-state index contributed by atoms with van der Waals surface area (Å²) in [6, 6.07) is 5.57. The van der Waals surface area contributed by atoms with E-state index in [9.17, 15) is 22.8 Å². The summed E-state index contributed by atoms with van der Waals surface area (Å²) in [5.74, 6) is -2.27. The first kappa shape index (κ1) is 15.0. The number of anilines is 1. The number of carboxylic acids is 1. The number of halogens is 3. The predicted octanol–water partition coefficient (Wildman–Crippen LogP) is 3.72. The quantitative estimate of drug-likeness (QED) is 0.907. The van der Waals surface area contributed by atoms with Gasteiger partial charge in [-0.2, -0.15) is 13.2 Å². The van der Waals surface area contributed by atoms with Gasteiger partial charge in [-0.05, 0) is 23.6 Å². The van der Waals surface area contributed by atoms with E-state index in [0.29, 0.717) is 0 Å². The summed E-state index contributed by atoms with van der Waals surface area (Å²) >= 11 is 0.920. The lowest BCUT2D eigenvalue weighted by molar-refractivity contribution is -0.137. The normalized spacial score (nSPS) is 11.2. The molecule has 0 saturated carbocycles. The van der Waals surface area contributed by atoms with E-state index >= 15 is 0 Å². The first-order valence-corrected chi connectivity index (χ1v) is 6.47. The third-order valence-corrected chi connectivity index (χ3v) is 3.43. The molecule has 4 nitrogen and oxygen atoms in total. The lowest BCUT2D eigenvalue weighted by Crippen LogP contribution is -2.19. The Morgan fingerprint density at radius 1 is 1.10 bits per heavy atom. The van der Waals surface area contributed by atoms with Crippen LogP contribution in [-0.2, 0) is 6.18 Å². The fourth-order valence-electron chi connectivity index (χ4n) is 1.67. The molecule has 1 aromatic carbocycles. The summed E-state index contributed by atoms with van der Waals surface area (Å²) in [6.07, 6.45) is -4.67. The molecule has 110 valence electrons. The minimum Gasteiger partial charge on any atom is -0.478 e. The van der Waals surface area contributed by atoms with E-state index in [0.717, 1.165) is 23.5 Å². The Morgan fingerprint density at radius 3 is 2.38 bits per heavy atom. The van der Waals surface area contributed by atoms with Crippen molar-refractivity contribution < 1.29 is 27.9 Å². The maximum atomic E-state index is 12.8. The van der Waals surface area contributed by atoms with Crippen molar-refractivity contribution in [3.8, 4) is 0 Å². The van der Waals surface area contributed by atoms with E-state index in [-0.39, 0.29) is 10.6 Å². The molecule has 0 radical (unpaired) electrons. The first-order valence-electron chi connectivity index (χ1n) is 5.59. The van der Waals surface area contributed by atoms with Crippen LogP contribution in [0.5, 0.6) is 0 Å². The van der Waals surface area contributed by atoms with Crippen LogP contribution < -0.4 is 5.32 Å². The van der Waals surface area contributed by atoms with Gasteiger partial charge in [-0.1, -0.05) is 12.1 Å². The number of carboxylic acid groups (broad SMARTS) is 1. The number of rotatable bonds is 3. The molecule has 1 amide bonds. The SMILES string of the molecule is O=C(Nc1sccc1C(=O)O)c1ccccc1C(F)(F)F. The van der Waals surface area contributed by atoms with E-state index in [1.165, 1.54) is 23.6 Å². The third-order valence-electron chi connectivity index (χ3n) is 2.60. The van der Waals surface area contributed by atoms with Gasteiger partial charge in [0.15, 0.2) is 0 Å². The highest BCUT2D eigenvalue weighted by Crippen LogP contribution is 2.32. The molecule has 0 fully saturated rings. The molecule has 0 spiro atoms. The van der Waals surface area contributed by atoms with Crippen LogP contribution in [0.25, 0.3) is 0 Å². The monoisotopic (exact) mass is 315 g/mol. The highest BCUT2D eigenvalue weighted by molar-refractivity contribution is 7.14. The summed E-state index contributed by atoms with van der Waals surface area (Å²) in [6.45, 7) is 0. The predicted molar refractivity (Wildman–Crippen MR) is 70.7 cm³/mol. The van der Waals surface area contributed by atoms with Crippen LogP contribution in [0.15, 0.2) is 35.7 Å². The van der Waals surface area contributed by atoms with Crippen LogP contribution in [0.2, 0.25) is 0 Å². The Labute approximate surface area is 120 Å². The Kier molecular flexibility index (Phi) is 3.99. The van der Waals surface area contributed by atoms with Crippen molar-refractivity contribution in [2.24, 2.45) is 0 Å². The maximum Gasteiger partial charge on any atom is 0.417 e. The Hall–Kier alpha value is -2.35. The van der Waals surface area contributed by atoms with Gasteiger partial charge in [0, 0.05) is 0 Å². The molecular weight excluding hydrogens is 307 g/mol. The second-order valence-electron chi connectivity index (χ2n) is 3.97. The van der Waals surface area contributed by atoms with Crippen LogP contribution in [0, 0.1) is 0 Å². The van der Waals surface area contributed by atoms with Crippen LogP contribution in [0.4, 0.5) is 18.2 Å². The van der Waals surface area contributed by atoms with Gasteiger partial charge >= 0.3 is 12.1 Å². The Morgan fingerprint density at radius 2 is 1.76 bits per heavy atom. The number of aromatic carboxylic acids is 1. The van der Waals surface area contributed by atoms with E-state index in [4.69, 9.17) is 5.11 Å². The third kappa shape index (κ3) is 3.22. The lowest BCUT2D eigenvalue weighted by atomic mass is 10.1. The van der Waals surface area contributed by atoms with Crippen molar-refractivity contribution in [2.45, 2.75) is 6.18 Å². The van der Waals surface area contributed by atoms with Crippen molar-refractivity contribution in [1.29, 1.82) is 0 Å². The molecule has 21 heavy (non-hydrogen) atoms. The lowest BCUT2D eigenvalue weighted by Gasteiger charge is -2.12. The van der Waals surface area contributed by atoms with Gasteiger partial charge in [0.2, 0.25) is 0 Å². The second-order valence-corrected chi connectivity index (χ2v) is 4.88. The van der Waals surface area contributed by atoms with Crippen LogP contribution in [0.1, 0.15) is 26.3 Å². The molecule has 2 N–H and O–H groups in total. The largest absolute Gasteiger partial charge is 0.478 e. The van der Waals surface area contributed by atoms with Gasteiger partial charge in [0.1, 0.15) is 5.00 Å². The standard InChI is InChI=1S/C13H8F3NO3S/c14-13(15,16)9-4-2-1-3-7(9)10(18)17-11-8(12(19)20)5-6-21-11/h1-6H,(H,17,18)(H,19,20). The highest BCUT2D eigenvalue weighted by atomic mass is 32.1. The van der Waals surface area contributed by atoms with Gasteiger partial charge in [-0.15, -0.1) is 11.3 Å². The van der Waals surface area contributed by atoms with Gasteiger partial charge in [0.25, 0.3) is 5.91 Å². The number of alkyl halides is 3. The van der Waals surface area contributed by atoms with Crippen LogP contribution >= 0.6 is 11.3 Å². The van der Waals surface area contributed by atoms with Gasteiger partial charge in [-0.3, -0.25) is 4.79 Å². The van der Waals surface area contributed by atoms with Gasteiger partial charge in [-0.25, -0.2) is 4.79 Å². The summed E-state index contributed by atoms with van der Waals surface area (Å²) in [5.41, 5.74) is -1.80. The first-order chi connectivity index (χ1) is 9.80. The average Bonchev–Trinajstić information content (AvgIpc) is 2.86. The molecule has 0 aliphatic heterocycles. The molecule has 1 heterocycles. The molecule has 2 rings (SSSR count). The molecule has 0 aliphatic rings. The molecule has 2 aromatic rings. The minimum absolute atomic E-state index is 0.00974. The zero-order valence-electron chi connectivity index (χ0n) is 10.3. The van der Waals surface area contributed by atoms with E-state index < -0.39 is 29.2 Å². The summed E-state index contributed by atoms with van der Waals surface area (Å²) in [4.78, 5) is 22.9. The number of benzene rings is 1. The van der Waals surface area contributed by atoms with Crippen molar-refractivity contribution in [3.63, 3.8) is 0 Å². The summed E-state index contributed by atoms with van der Waals surface area (Å²) < 4.78 is 38.5. The number of hydrogen-bond donors (Lipinski definition) is 2. The fraction of sp³-hybridized carbons (Fsp3) is 0.0769. The molecule has 8 heteroatoms. The Bertz CT molecular complexity index is 694. The molecule has 1 aromatic heterocycles. The second kappa shape index (κ2) is 5.57. The summed E-state index contributed by atoms with van der Waals surface area (Å²) in [5, 5.41) is 12.5. The van der Waals surface area contributed by atoms with E-state index in [2.05, 4.69) is 5.32 Å². The van der Waals surface area contributed by atoms with Crippen LogP contribution in [-0.4, -0.2) is 17.0 Å². The zero-order valence-corrected chi connectivity index (χ0v) is 11.1. The number of carbonyl (C=O) groups is 2. The minimum atomic E-state index is -4.67. The molecule has 0 atom stereocenters. The number of amides is 1. The number of thiophene rings is 1. The van der Waals surface area contributed by atoms with E-state index in [1.54, 1.807) is 0 Å². The van der Waals surface area contributed by atoms with Gasteiger partial charge in [0.05, 0.1) is 16.7 Å². The highest BCUT2D eigenvalue weighted by Gasteiger charge is 2.35. The van der Waals surface area contributed by atoms with Crippen molar-refractivity contribution >= 4 is 28.2 Å². The topological polar surface area (TPSA) is 66.4 Å². The van der Waals surface area contributed by atoms with Crippen LogP contribution in [0.3, 0.4) is 0 Å².